The smallest absolute Gasteiger partial charge is 0.305 e. The van der Waals surface area contributed by atoms with Crippen molar-refractivity contribution < 1.29 is 21.1 Å². The molecule has 1 fully saturated rings. The van der Waals surface area contributed by atoms with Crippen molar-refractivity contribution in [2.24, 2.45) is 17.8 Å². The van der Waals surface area contributed by atoms with Crippen LogP contribution < -0.4 is 0 Å². The molecule has 2 N–H and O–H groups in total. The summed E-state index contributed by atoms with van der Waals surface area (Å²) in [6.45, 7) is 2.14. The van der Waals surface area contributed by atoms with Gasteiger partial charge in [-0.25, -0.2) is 0 Å². The molecule has 0 aromatic heterocycles. The summed E-state index contributed by atoms with van der Waals surface area (Å²) < 4.78 is 13.0. The van der Waals surface area contributed by atoms with E-state index in [0.29, 0.717) is 12.8 Å². The molecule has 0 spiro atoms. The molecule has 0 radical (unpaired) electrons. The lowest BCUT2D eigenvalue weighted by Crippen LogP contribution is -2.18. The van der Waals surface area contributed by atoms with E-state index in [1.54, 1.807) is 6.08 Å². The summed E-state index contributed by atoms with van der Waals surface area (Å²) >= 11 is 0. The van der Waals surface area contributed by atoms with Crippen molar-refractivity contribution in [1.82, 2.24) is 0 Å². The van der Waals surface area contributed by atoms with Gasteiger partial charge in [-0.1, -0.05) is 50.0 Å². The fourth-order valence-electron chi connectivity index (χ4n) is 4.29. The second-order valence-electron chi connectivity index (χ2n) is 7.81. The summed E-state index contributed by atoms with van der Waals surface area (Å²) in [5, 5.41) is 20.7. The van der Waals surface area contributed by atoms with Crippen LogP contribution in [0.2, 0.25) is 0 Å². The number of allylic oxidation sites excluding steroid dienone is 2. The van der Waals surface area contributed by atoms with Gasteiger partial charge < -0.3 is 14.9 Å². The topological polar surface area (TPSA) is 66.8 Å². The highest BCUT2D eigenvalue weighted by Gasteiger charge is 2.43. The van der Waals surface area contributed by atoms with Gasteiger partial charge in [-0.3, -0.25) is 4.79 Å². The molecule has 4 heteroatoms. The average molecular weight is 367 g/mol. The number of esters is 1. The van der Waals surface area contributed by atoms with Gasteiger partial charge in [0.2, 0.25) is 0 Å². The van der Waals surface area contributed by atoms with E-state index in [2.05, 4.69) is 17.7 Å². The first-order valence-electron chi connectivity index (χ1n) is 10.7. The predicted molar refractivity (Wildman–Crippen MR) is 104 cm³/mol. The molecule has 0 unspecified atom stereocenters. The summed E-state index contributed by atoms with van der Waals surface area (Å²) in [5.41, 5.74) is 1.38. The van der Waals surface area contributed by atoms with E-state index in [0.717, 1.165) is 51.4 Å². The number of carbonyl (C=O) groups is 1. The SMILES string of the molecule is [3H][C@]1(O)C[C@@H]2C=C(CCCCC(=O)OC)C[C@@H]2[C@H]1/C=C/[C@@H](O)CCCCC. The van der Waals surface area contributed by atoms with Crippen LogP contribution in [-0.2, 0) is 9.53 Å². The van der Waals surface area contributed by atoms with Gasteiger partial charge in [0.05, 0.1) is 20.7 Å². The highest BCUT2D eigenvalue weighted by atomic mass is 16.5. The minimum absolute atomic E-state index is 0.158. The van der Waals surface area contributed by atoms with Crippen LogP contribution >= 0.6 is 0 Å². The van der Waals surface area contributed by atoms with Crippen LogP contribution in [0.15, 0.2) is 23.8 Å². The van der Waals surface area contributed by atoms with Crippen molar-refractivity contribution in [2.75, 3.05) is 7.11 Å². The van der Waals surface area contributed by atoms with E-state index in [1.165, 1.54) is 12.7 Å². The van der Waals surface area contributed by atoms with Gasteiger partial charge >= 0.3 is 5.97 Å². The minimum atomic E-state index is -1.44. The zero-order chi connectivity index (χ0) is 19.9. The molecule has 1 saturated carbocycles. The number of hydrogen-bond donors (Lipinski definition) is 2. The lowest BCUT2D eigenvalue weighted by Gasteiger charge is -2.19. The number of aliphatic hydroxyl groups is 2. The summed E-state index contributed by atoms with van der Waals surface area (Å²) in [7, 11) is 1.42. The van der Waals surface area contributed by atoms with Crippen molar-refractivity contribution in [3.8, 4) is 0 Å². The van der Waals surface area contributed by atoms with E-state index in [1.807, 2.05) is 6.08 Å². The van der Waals surface area contributed by atoms with Crippen LogP contribution in [0.4, 0.5) is 0 Å². The Hall–Kier alpha value is -1.13. The van der Waals surface area contributed by atoms with Crippen LogP contribution in [0.1, 0.15) is 72.5 Å². The van der Waals surface area contributed by atoms with Crippen LogP contribution in [0, 0.1) is 17.8 Å². The molecule has 26 heavy (non-hydrogen) atoms. The average Bonchev–Trinajstić information content (AvgIpc) is 3.10. The number of methoxy groups -OCH3 is 1. The molecule has 0 saturated heterocycles. The number of aliphatic hydroxyl groups excluding tert-OH is 1. The molecule has 2 rings (SSSR count). The fourth-order valence-corrected chi connectivity index (χ4v) is 4.29. The van der Waals surface area contributed by atoms with Gasteiger partial charge in [0.15, 0.2) is 0 Å². The molecule has 0 aromatic carbocycles. The maximum absolute atomic E-state index is 11.2. The maximum atomic E-state index is 11.2. The Morgan fingerprint density at radius 3 is 2.96 bits per heavy atom. The Kier molecular flexibility index (Phi) is 8.22. The minimum Gasteiger partial charge on any atom is -0.469 e. The number of ether oxygens (including phenoxy) is 1. The number of hydrogen-bond acceptors (Lipinski definition) is 4. The largest absolute Gasteiger partial charge is 0.469 e. The van der Waals surface area contributed by atoms with Gasteiger partial charge in [-0.05, 0) is 50.4 Å². The normalized spacial score (nSPS) is 32.4. The Labute approximate surface area is 159 Å². The number of fused-ring (bicyclic) bond motifs is 1. The lowest BCUT2D eigenvalue weighted by atomic mass is 9.88. The third kappa shape index (κ3) is 6.24. The zero-order valence-corrected chi connectivity index (χ0v) is 16.3. The number of rotatable bonds is 11. The predicted octanol–water partition coefficient (Wildman–Crippen LogP) is 4.16. The van der Waals surface area contributed by atoms with Crippen molar-refractivity contribution in [1.29, 1.82) is 0 Å². The Balaban J connectivity index is 1.84. The molecule has 2 aliphatic rings. The molecule has 0 heterocycles. The Bertz CT molecular complexity index is 540. The van der Waals surface area contributed by atoms with Gasteiger partial charge in [-0.15, -0.1) is 0 Å². The van der Waals surface area contributed by atoms with Crippen LogP contribution in [0.5, 0.6) is 0 Å². The summed E-state index contributed by atoms with van der Waals surface area (Å²) in [5.74, 6) is 0.110. The van der Waals surface area contributed by atoms with Crippen LogP contribution in [0.25, 0.3) is 0 Å². The van der Waals surface area contributed by atoms with Gasteiger partial charge in [0.25, 0.3) is 0 Å². The van der Waals surface area contributed by atoms with Gasteiger partial charge in [-0.2, -0.15) is 0 Å². The molecule has 148 valence electrons. The molecule has 5 atom stereocenters. The molecule has 0 bridgehead atoms. The highest BCUT2D eigenvalue weighted by molar-refractivity contribution is 5.68. The molecule has 0 aromatic rings. The standard InChI is InChI=1S/C22H36O4/c1-3-4-5-9-18(23)11-12-19-20-14-16(13-17(20)15-21(19)24)8-6-7-10-22(25)26-2/h11-13,17-21,23-24H,3-10,14-15H2,1-2H3/b12-11+/t17-,18-,19+,20-,21-/m0/s1/i21T. The fraction of sp³-hybridized carbons (Fsp3) is 0.773. The van der Waals surface area contributed by atoms with Crippen molar-refractivity contribution in [3.63, 3.8) is 0 Å². The third-order valence-electron chi connectivity index (χ3n) is 5.79. The zero-order valence-electron chi connectivity index (χ0n) is 17.3. The second-order valence-corrected chi connectivity index (χ2v) is 7.81. The summed E-state index contributed by atoms with van der Waals surface area (Å²) in [4.78, 5) is 11.2. The molecule has 0 aliphatic heterocycles. The summed E-state index contributed by atoms with van der Waals surface area (Å²) in [6.07, 6.45) is 12.6. The first-order chi connectivity index (χ1) is 12.9. The van der Waals surface area contributed by atoms with Gasteiger partial charge in [0.1, 0.15) is 0 Å². The lowest BCUT2D eigenvalue weighted by molar-refractivity contribution is -0.140. The van der Waals surface area contributed by atoms with Gasteiger partial charge in [0, 0.05) is 12.3 Å². The monoisotopic (exact) mass is 366 g/mol. The van der Waals surface area contributed by atoms with Crippen molar-refractivity contribution in [2.45, 2.75) is 83.3 Å². The van der Waals surface area contributed by atoms with E-state index < -0.39 is 12.2 Å². The highest BCUT2D eigenvalue weighted by Crippen LogP contribution is 2.48. The number of carbonyl (C=O) groups excluding carboxylic acids is 1. The van der Waals surface area contributed by atoms with E-state index in [9.17, 15) is 15.0 Å². The molecular weight excluding hydrogens is 328 g/mol. The molecule has 0 amide bonds. The van der Waals surface area contributed by atoms with E-state index in [4.69, 9.17) is 1.37 Å². The summed E-state index contributed by atoms with van der Waals surface area (Å²) in [6, 6.07) is 0. The van der Waals surface area contributed by atoms with E-state index >= 15 is 0 Å². The third-order valence-corrected chi connectivity index (χ3v) is 5.79. The first-order valence-corrected chi connectivity index (χ1v) is 10.2. The Morgan fingerprint density at radius 1 is 1.42 bits per heavy atom. The van der Waals surface area contributed by atoms with Crippen LogP contribution in [0.3, 0.4) is 0 Å². The quantitative estimate of drug-likeness (QED) is 0.327. The second kappa shape index (κ2) is 10.9. The van der Waals surface area contributed by atoms with Crippen molar-refractivity contribution >= 4 is 5.97 Å². The Morgan fingerprint density at radius 2 is 2.23 bits per heavy atom. The molecule has 4 nitrogen and oxygen atoms in total. The van der Waals surface area contributed by atoms with Crippen LogP contribution in [-0.4, -0.2) is 35.5 Å². The number of unbranched alkanes of at least 4 members (excludes halogenated alkanes) is 3. The molecular formula is C22H36O4. The van der Waals surface area contributed by atoms with Crippen molar-refractivity contribution in [3.05, 3.63) is 23.8 Å². The van der Waals surface area contributed by atoms with E-state index in [-0.39, 0.29) is 23.7 Å². The first kappa shape index (κ1) is 19.6. The molecule has 2 aliphatic carbocycles. The maximum Gasteiger partial charge on any atom is 0.305 e.